The van der Waals surface area contributed by atoms with Crippen molar-refractivity contribution in [3.8, 4) is 11.5 Å². The monoisotopic (exact) mass is 577 g/mol. The Morgan fingerprint density at radius 2 is 1.93 bits per heavy atom. The zero-order valence-electron chi connectivity index (χ0n) is 23.1. The second kappa shape index (κ2) is 9.26. The predicted molar refractivity (Wildman–Crippen MR) is 151 cm³/mol. The van der Waals surface area contributed by atoms with E-state index >= 15 is 0 Å². The molecular formula is C32H36NO7P. The summed E-state index contributed by atoms with van der Waals surface area (Å²) in [6.45, 7) is 1.74. The number of phosphoric ester groups is 1. The van der Waals surface area contributed by atoms with Gasteiger partial charge in [-0.25, -0.2) is 4.57 Å². The van der Waals surface area contributed by atoms with E-state index in [9.17, 15) is 19.4 Å². The minimum atomic E-state index is -4.53. The first-order valence-electron chi connectivity index (χ1n) is 15.0. The van der Waals surface area contributed by atoms with Crippen LogP contribution >= 0.6 is 7.82 Å². The molecule has 9 heteroatoms. The van der Waals surface area contributed by atoms with Crippen LogP contribution in [-0.2, 0) is 43.1 Å². The summed E-state index contributed by atoms with van der Waals surface area (Å²) < 4.78 is 32.3. The molecule has 216 valence electrons. The third-order valence-electron chi connectivity index (χ3n) is 10.6. The summed E-state index contributed by atoms with van der Waals surface area (Å²) in [5, 5.41) is 10.8. The van der Waals surface area contributed by atoms with Gasteiger partial charge in [-0.05, 0) is 86.6 Å². The van der Waals surface area contributed by atoms with Crippen molar-refractivity contribution in [3.05, 3.63) is 70.3 Å². The van der Waals surface area contributed by atoms with Crippen molar-refractivity contribution in [2.45, 2.75) is 80.9 Å². The van der Waals surface area contributed by atoms with E-state index in [0.717, 1.165) is 37.1 Å². The number of benzene rings is 2. The summed E-state index contributed by atoms with van der Waals surface area (Å²) >= 11 is 0. The number of allylic oxidation sites excluding steroid dienone is 1. The van der Waals surface area contributed by atoms with E-state index in [1.807, 2.05) is 18.2 Å². The number of phosphoric acid groups is 1. The summed E-state index contributed by atoms with van der Waals surface area (Å²) in [6, 6.07) is 11.7. The molecular weight excluding hydrogens is 541 g/mol. The van der Waals surface area contributed by atoms with Gasteiger partial charge >= 0.3 is 7.82 Å². The maximum atomic E-state index is 13.8. The van der Waals surface area contributed by atoms with Gasteiger partial charge in [0.1, 0.15) is 5.60 Å². The number of fused-ring (bicyclic) bond motifs is 1. The van der Waals surface area contributed by atoms with Gasteiger partial charge in [-0.3, -0.25) is 18.7 Å². The Morgan fingerprint density at radius 3 is 2.76 bits per heavy atom. The Balaban J connectivity index is 1.11. The molecule has 6 aliphatic rings. The van der Waals surface area contributed by atoms with Crippen LogP contribution in [0.3, 0.4) is 0 Å². The lowest BCUT2D eigenvalue weighted by atomic mass is 9.49. The third-order valence-corrected chi connectivity index (χ3v) is 11.7. The third kappa shape index (κ3) is 3.95. The molecule has 0 aromatic heterocycles. The quantitative estimate of drug-likeness (QED) is 0.341. The highest BCUT2D eigenvalue weighted by Gasteiger charge is 2.75. The minimum Gasteiger partial charge on any atom is -0.504 e. The molecule has 2 saturated carbocycles. The van der Waals surface area contributed by atoms with Gasteiger partial charge in [0.15, 0.2) is 23.4 Å². The van der Waals surface area contributed by atoms with E-state index in [-0.39, 0.29) is 30.6 Å². The maximum absolute atomic E-state index is 13.8. The number of Topliss-reactive ketones (excluding diaryl/α,β-unsaturated/α-hetero) is 1. The van der Waals surface area contributed by atoms with Crippen LogP contribution in [0.5, 0.6) is 11.5 Å². The van der Waals surface area contributed by atoms with E-state index in [1.54, 1.807) is 6.07 Å². The second-order valence-corrected chi connectivity index (χ2v) is 14.2. The standard InChI is InChI=1S/C32H36NO7P/c34-25-10-9-24-18-27-32(40-41(36,37)38-16-12-20-7-8-22-3-1-2-4-23(22)17-20)13-11-26(35)30-31(32,28(24)29(25)39-30)14-15-33(27)19-21-5-6-21/h1-4,7,9-10,21,27,30,34H,5-6,8,11-19H2,(H,36,37). The topological polar surface area (TPSA) is 106 Å². The number of likely N-dealkylation sites (tertiary alicyclic amines) is 1. The Labute approximate surface area is 239 Å². The van der Waals surface area contributed by atoms with Gasteiger partial charge in [-0.2, -0.15) is 0 Å². The summed E-state index contributed by atoms with van der Waals surface area (Å²) in [7, 11) is -4.53. The number of phenols is 1. The smallest absolute Gasteiger partial charge is 0.472 e. The molecule has 2 aromatic carbocycles. The number of hydrogen-bond donors (Lipinski definition) is 2. The van der Waals surface area contributed by atoms with Gasteiger partial charge in [-0.1, -0.05) is 42.0 Å². The number of carbonyl (C=O) groups is 1. The SMILES string of the molecule is O=C1CCC2(OP(=O)(O)OCCC3=CCc4ccccc4C3)C3Cc4ccc(O)c5c4C2(CCN3CC2CC2)C1O5. The highest BCUT2D eigenvalue weighted by Crippen LogP contribution is 2.69. The number of carbonyl (C=O) groups excluding carboxylic acids is 1. The summed E-state index contributed by atoms with van der Waals surface area (Å²) in [6.07, 6.45) is 7.62. The van der Waals surface area contributed by atoms with Gasteiger partial charge in [0.25, 0.3) is 0 Å². The maximum Gasteiger partial charge on any atom is 0.472 e. The minimum absolute atomic E-state index is 0.00107. The number of ketones is 1. The van der Waals surface area contributed by atoms with Crippen molar-refractivity contribution in [2.24, 2.45) is 5.92 Å². The van der Waals surface area contributed by atoms with Gasteiger partial charge in [0, 0.05) is 24.6 Å². The van der Waals surface area contributed by atoms with Crippen LogP contribution in [0, 0.1) is 5.92 Å². The fourth-order valence-corrected chi connectivity index (χ4v) is 9.80. The van der Waals surface area contributed by atoms with Crippen LogP contribution in [0.4, 0.5) is 0 Å². The first kappa shape index (κ1) is 26.2. The van der Waals surface area contributed by atoms with E-state index < -0.39 is 24.9 Å². The van der Waals surface area contributed by atoms with E-state index in [1.165, 1.54) is 29.5 Å². The van der Waals surface area contributed by atoms with Gasteiger partial charge in [0.05, 0.1) is 12.0 Å². The number of hydrogen-bond acceptors (Lipinski definition) is 7. The molecule has 5 atom stereocenters. The van der Waals surface area contributed by atoms with Crippen LogP contribution in [0.2, 0.25) is 0 Å². The van der Waals surface area contributed by atoms with Crippen LogP contribution in [0.25, 0.3) is 0 Å². The second-order valence-electron chi connectivity index (χ2n) is 12.8. The molecule has 2 bridgehead atoms. The molecule has 8 nitrogen and oxygen atoms in total. The van der Waals surface area contributed by atoms with E-state index in [2.05, 4.69) is 23.1 Å². The number of rotatable bonds is 8. The Kier molecular flexibility index (Phi) is 5.91. The zero-order chi connectivity index (χ0) is 28.0. The van der Waals surface area contributed by atoms with Crippen LogP contribution in [0.1, 0.15) is 60.8 Å². The summed E-state index contributed by atoms with van der Waals surface area (Å²) in [5.41, 5.74) is 3.53. The van der Waals surface area contributed by atoms with E-state index in [4.69, 9.17) is 13.8 Å². The number of piperidine rings is 1. The van der Waals surface area contributed by atoms with Crippen molar-refractivity contribution in [2.75, 3.05) is 19.7 Å². The molecule has 1 saturated heterocycles. The van der Waals surface area contributed by atoms with Crippen molar-refractivity contribution in [1.82, 2.24) is 4.90 Å². The molecule has 0 radical (unpaired) electrons. The molecule has 41 heavy (non-hydrogen) atoms. The lowest BCUT2D eigenvalue weighted by Gasteiger charge is -2.64. The first-order chi connectivity index (χ1) is 19.8. The van der Waals surface area contributed by atoms with Gasteiger partial charge < -0.3 is 14.7 Å². The molecule has 5 unspecified atom stereocenters. The molecule has 2 aliphatic heterocycles. The summed E-state index contributed by atoms with van der Waals surface area (Å²) in [5.74, 6) is 0.923. The fourth-order valence-electron chi connectivity index (χ4n) is 8.64. The van der Waals surface area contributed by atoms with E-state index in [0.29, 0.717) is 37.4 Å². The van der Waals surface area contributed by atoms with Crippen LogP contribution < -0.4 is 4.74 Å². The highest BCUT2D eigenvalue weighted by atomic mass is 31.2. The van der Waals surface area contributed by atoms with Crippen molar-refractivity contribution in [3.63, 3.8) is 0 Å². The Hall–Kier alpha value is -2.48. The number of nitrogens with zero attached hydrogens (tertiary/aromatic N) is 1. The largest absolute Gasteiger partial charge is 0.504 e. The lowest BCUT2D eigenvalue weighted by molar-refractivity contribution is -0.184. The van der Waals surface area contributed by atoms with Crippen LogP contribution in [-0.4, -0.2) is 58.1 Å². The fraction of sp³-hybridized carbons (Fsp3) is 0.531. The predicted octanol–water partition coefficient (Wildman–Crippen LogP) is 4.78. The zero-order valence-corrected chi connectivity index (χ0v) is 24.0. The Bertz CT molecular complexity index is 1520. The normalized spacial score (nSPS) is 32.9. The van der Waals surface area contributed by atoms with Gasteiger partial charge in [0.2, 0.25) is 0 Å². The first-order valence-corrected chi connectivity index (χ1v) is 16.5. The molecule has 2 heterocycles. The molecule has 2 N–H and O–H groups in total. The van der Waals surface area contributed by atoms with Crippen molar-refractivity contribution >= 4 is 13.6 Å². The number of ether oxygens (including phenoxy) is 1. The molecule has 0 amide bonds. The average molecular weight is 578 g/mol. The summed E-state index contributed by atoms with van der Waals surface area (Å²) in [4.78, 5) is 27.1. The molecule has 4 aliphatic carbocycles. The van der Waals surface area contributed by atoms with Crippen molar-refractivity contribution in [1.29, 1.82) is 0 Å². The number of aromatic hydroxyl groups is 1. The average Bonchev–Trinajstić information content (AvgIpc) is 3.70. The Morgan fingerprint density at radius 1 is 1.10 bits per heavy atom. The molecule has 3 fully saturated rings. The molecule has 8 rings (SSSR count). The van der Waals surface area contributed by atoms with Crippen molar-refractivity contribution < 1.29 is 33.1 Å². The number of phenolic OH excluding ortho intramolecular Hbond substituents is 1. The molecule has 1 spiro atoms. The van der Waals surface area contributed by atoms with Gasteiger partial charge in [-0.15, -0.1) is 0 Å². The van der Waals surface area contributed by atoms with Crippen LogP contribution in [0.15, 0.2) is 48.0 Å². The lowest BCUT2D eigenvalue weighted by Crippen LogP contribution is -2.77. The molecule has 2 aromatic rings. The highest BCUT2D eigenvalue weighted by molar-refractivity contribution is 7.47.